The molecule has 2 aromatic carbocycles. The molecule has 38 heavy (non-hydrogen) atoms. The van der Waals surface area contributed by atoms with Crippen LogP contribution in [0.2, 0.25) is 0 Å². The van der Waals surface area contributed by atoms with E-state index in [1.54, 1.807) is 16.8 Å². The Morgan fingerprint density at radius 2 is 1.89 bits per heavy atom. The number of methoxy groups -OCH3 is 1. The number of carboxylic acid groups (broad SMARTS) is 1. The number of rotatable bonds is 6. The highest BCUT2D eigenvalue weighted by Gasteiger charge is 2.31. The molecule has 0 saturated carbocycles. The zero-order chi connectivity index (χ0) is 26.4. The van der Waals surface area contributed by atoms with Crippen molar-refractivity contribution >= 4 is 27.9 Å². The Morgan fingerprint density at radius 1 is 1.13 bits per heavy atom. The zero-order valence-electron chi connectivity index (χ0n) is 21.6. The van der Waals surface area contributed by atoms with Gasteiger partial charge in [0.05, 0.1) is 41.1 Å². The van der Waals surface area contributed by atoms with Crippen LogP contribution in [0.3, 0.4) is 0 Å². The first-order valence-electron chi connectivity index (χ1n) is 12.7. The van der Waals surface area contributed by atoms with E-state index in [9.17, 15) is 9.90 Å². The monoisotopic (exact) mass is 511 g/mol. The number of ether oxygens (including phenoxy) is 2. The van der Waals surface area contributed by atoms with E-state index < -0.39 is 5.97 Å². The number of aryl methyl sites for hydroxylation is 2. The number of aromatic carboxylic acids is 1. The number of hydrogen-bond donors (Lipinski definition) is 1. The van der Waals surface area contributed by atoms with Gasteiger partial charge in [0.1, 0.15) is 11.3 Å². The quantitative estimate of drug-likeness (QED) is 0.341. The lowest BCUT2D eigenvalue weighted by Crippen LogP contribution is -2.27. The van der Waals surface area contributed by atoms with Crippen LogP contribution in [-0.2, 0) is 11.8 Å². The van der Waals surface area contributed by atoms with Gasteiger partial charge in [-0.2, -0.15) is 0 Å². The lowest BCUT2D eigenvalue weighted by atomic mass is 9.86. The maximum absolute atomic E-state index is 12.2. The van der Waals surface area contributed by atoms with Crippen LogP contribution in [0.5, 0.6) is 5.75 Å². The van der Waals surface area contributed by atoms with E-state index in [1.807, 2.05) is 26.2 Å². The lowest BCUT2D eigenvalue weighted by molar-refractivity contribution is 0.0553. The summed E-state index contributed by atoms with van der Waals surface area (Å²) in [6.45, 7) is 3.33. The highest BCUT2D eigenvalue weighted by atomic mass is 16.5. The fourth-order valence-corrected chi connectivity index (χ4v) is 5.87. The molecule has 0 bridgehead atoms. The number of carbonyl (C=O) groups is 1. The molecule has 1 N–H and O–H groups in total. The summed E-state index contributed by atoms with van der Waals surface area (Å²) in [6.07, 6.45) is 3.64. The van der Waals surface area contributed by atoms with Crippen molar-refractivity contribution < 1.29 is 19.4 Å². The van der Waals surface area contributed by atoms with E-state index in [4.69, 9.17) is 14.5 Å². The van der Waals surface area contributed by atoms with Gasteiger partial charge >= 0.3 is 5.97 Å². The molecule has 0 amide bonds. The predicted octanol–water partition coefficient (Wildman–Crippen LogP) is 5.02. The molecular formula is C29H29N5O4. The van der Waals surface area contributed by atoms with Crippen molar-refractivity contribution in [3.05, 3.63) is 71.5 Å². The second-order valence-electron chi connectivity index (χ2n) is 9.79. The molecule has 1 aliphatic rings. The molecule has 3 aromatic heterocycles. The number of nitrogens with zero attached hydrogens (tertiary/aromatic N) is 5. The molecule has 1 saturated heterocycles. The van der Waals surface area contributed by atoms with Gasteiger partial charge < -0.3 is 19.1 Å². The molecule has 9 heteroatoms. The second kappa shape index (κ2) is 9.57. The molecule has 1 fully saturated rings. The topological polar surface area (TPSA) is 104 Å². The van der Waals surface area contributed by atoms with Crippen molar-refractivity contribution in [1.29, 1.82) is 0 Å². The van der Waals surface area contributed by atoms with Crippen molar-refractivity contribution in [2.75, 3.05) is 20.3 Å². The summed E-state index contributed by atoms with van der Waals surface area (Å²) in [7, 11) is 3.36. The standard InChI is InChI=1S/C29H29N5O4/c1-17-27(33(2)32-31-17)20-13-24-26(30-16-20)21-15-25(37-3)22(29(35)36)14-23(21)34(24)28(18-7-5-4-6-8-18)19-9-11-38-12-10-19/h4-8,13-16,19,28H,9-12H2,1-3H3,(H,35,36). The number of hydrogen-bond acceptors (Lipinski definition) is 6. The third kappa shape index (κ3) is 3.90. The number of pyridine rings is 1. The van der Waals surface area contributed by atoms with Gasteiger partial charge in [0.25, 0.3) is 0 Å². The smallest absolute Gasteiger partial charge is 0.339 e. The molecule has 194 valence electrons. The number of benzene rings is 2. The predicted molar refractivity (Wildman–Crippen MR) is 144 cm³/mol. The van der Waals surface area contributed by atoms with Crippen molar-refractivity contribution in [3.63, 3.8) is 0 Å². The Morgan fingerprint density at radius 3 is 2.55 bits per heavy atom. The fourth-order valence-electron chi connectivity index (χ4n) is 5.87. The van der Waals surface area contributed by atoms with Crippen LogP contribution >= 0.6 is 0 Å². The van der Waals surface area contributed by atoms with Gasteiger partial charge in [-0.05, 0) is 49.4 Å². The van der Waals surface area contributed by atoms with Gasteiger partial charge in [-0.25, -0.2) is 9.48 Å². The minimum absolute atomic E-state index is 0.0436. The number of aromatic nitrogens is 5. The highest BCUT2D eigenvalue weighted by molar-refractivity contribution is 6.10. The molecular weight excluding hydrogens is 482 g/mol. The van der Waals surface area contributed by atoms with Gasteiger partial charge in [0, 0.05) is 37.4 Å². The number of carboxylic acids is 1. The Kier molecular flexibility index (Phi) is 6.07. The third-order valence-corrected chi connectivity index (χ3v) is 7.59. The molecule has 0 spiro atoms. The fraction of sp³-hybridized carbons (Fsp3) is 0.310. The maximum Gasteiger partial charge on any atom is 0.339 e. The molecule has 9 nitrogen and oxygen atoms in total. The minimum atomic E-state index is -1.03. The molecule has 1 atom stereocenters. The van der Waals surface area contributed by atoms with Crippen molar-refractivity contribution in [3.8, 4) is 17.0 Å². The Balaban J connectivity index is 1.72. The molecule has 5 aromatic rings. The van der Waals surface area contributed by atoms with Crippen molar-refractivity contribution in [1.82, 2.24) is 24.5 Å². The summed E-state index contributed by atoms with van der Waals surface area (Å²) >= 11 is 0. The molecule has 0 radical (unpaired) electrons. The van der Waals surface area contributed by atoms with E-state index in [0.717, 1.165) is 57.3 Å². The first-order chi connectivity index (χ1) is 18.5. The maximum atomic E-state index is 12.2. The van der Waals surface area contributed by atoms with E-state index in [2.05, 4.69) is 45.2 Å². The summed E-state index contributed by atoms with van der Waals surface area (Å²) in [5, 5.41) is 19.3. The van der Waals surface area contributed by atoms with Gasteiger partial charge in [-0.1, -0.05) is 35.5 Å². The van der Waals surface area contributed by atoms with Gasteiger partial charge in [0.15, 0.2) is 0 Å². The lowest BCUT2D eigenvalue weighted by Gasteiger charge is -2.33. The van der Waals surface area contributed by atoms with Gasteiger partial charge in [0.2, 0.25) is 0 Å². The third-order valence-electron chi connectivity index (χ3n) is 7.59. The van der Waals surface area contributed by atoms with Crippen LogP contribution in [-0.4, -0.2) is 55.9 Å². The minimum Gasteiger partial charge on any atom is -0.496 e. The van der Waals surface area contributed by atoms with Crippen LogP contribution in [0.4, 0.5) is 0 Å². The Labute approximate surface area is 219 Å². The molecule has 1 aliphatic heterocycles. The average molecular weight is 512 g/mol. The Bertz CT molecular complexity index is 1630. The van der Waals surface area contributed by atoms with Gasteiger partial charge in [-0.3, -0.25) is 4.98 Å². The summed E-state index contributed by atoms with van der Waals surface area (Å²) < 4.78 is 15.2. The molecule has 4 heterocycles. The molecule has 1 unspecified atom stereocenters. The van der Waals surface area contributed by atoms with Crippen LogP contribution in [0, 0.1) is 12.8 Å². The van der Waals surface area contributed by atoms with E-state index in [1.165, 1.54) is 7.11 Å². The summed E-state index contributed by atoms with van der Waals surface area (Å²) in [5.74, 6) is -0.429. The van der Waals surface area contributed by atoms with E-state index in [0.29, 0.717) is 24.9 Å². The van der Waals surface area contributed by atoms with Crippen LogP contribution < -0.4 is 4.74 Å². The van der Waals surface area contributed by atoms with Crippen LogP contribution in [0.25, 0.3) is 33.2 Å². The first-order valence-corrected chi connectivity index (χ1v) is 12.7. The Hall–Kier alpha value is -4.24. The normalized spacial score (nSPS) is 15.2. The highest BCUT2D eigenvalue weighted by Crippen LogP contribution is 2.42. The first kappa shape index (κ1) is 24.1. The largest absolute Gasteiger partial charge is 0.496 e. The van der Waals surface area contributed by atoms with Crippen LogP contribution in [0.1, 0.15) is 40.5 Å². The molecule has 6 rings (SSSR count). The van der Waals surface area contributed by atoms with Crippen LogP contribution in [0.15, 0.2) is 54.7 Å². The second-order valence-corrected chi connectivity index (χ2v) is 9.79. The van der Waals surface area contributed by atoms with Gasteiger partial charge in [-0.15, -0.1) is 5.10 Å². The summed E-state index contributed by atoms with van der Waals surface area (Å²) in [4.78, 5) is 17.2. The number of fused-ring (bicyclic) bond motifs is 3. The SMILES string of the molecule is COc1cc2c3ncc(-c4c(C)nnn4C)cc3n(C(c3ccccc3)C3CCOCC3)c2cc1C(=O)O. The summed E-state index contributed by atoms with van der Waals surface area (Å²) in [5.41, 5.74) is 6.41. The van der Waals surface area contributed by atoms with E-state index in [-0.39, 0.29) is 11.6 Å². The zero-order valence-corrected chi connectivity index (χ0v) is 21.6. The summed E-state index contributed by atoms with van der Waals surface area (Å²) in [6, 6.07) is 16.0. The van der Waals surface area contributed by atoms with Crippen molar-refractivity contribution in [2.24, 2.45) is 13.0 Å². The van der Waals surface area contributed by atoms with Crippen molar-refractivity contribution in [2.45, 2.75) is 25.8 Å². The molecule has 0 aliphatic carbocycles. The average Bonchev–Trinajstić information content (AvgIpc) is 3.44. The van der Waals surface area contributed by atoms with E-state index >= 15 is 0 Å².